The molecule has 0 atom stereocenters. The number of aromatic nitrogens is 4. The minimum Gasteiger partial charge on any atom is -0.382 e. The molecule has 0 aliphatic heterocycles. The Morgan fingerprint density at radius 1 is 1.27 bits per heavy atom. The summed E-state index contributed by atoms with van der Waals surface area (Å²) in [7, 11) is 0. The summed E-state index contributed by atoms with van der Waals surface area (Å²) in [5, 5.41) is 16.5. The maximum atomic E-state index is 13.0. The van der Waals surface area contributed by atoms with Crippen LogP contribution in [-0.2, 0) is 0 Å². The number of para-hydroxylation sites is 1. The molecule has 0 saturated carbocycles. The molecule has 26 heavy (non-hydrogen) atoms. The Morgan fingerprint density at radius 2 is 2.08 bits per heavy atom. The van der Waals surface area contributed by atoms with Crippen LogP contribution in [-0.4, -0.2) is 19.7 Å². The van der Waals surface area contributed by atoms with Crippen molar-refractivity contribution in [2.45, 2.75) is 0 Å². The molecule has 0 radical (unpaired) electrons. The van der Waals surface area contributed by atoms with E-state index in [1.54, 1.807) is 42.6 Å². The van der Waals surface area contributed by atoms with E-state index in [2.05, 4.69) is 21.3 Å². The van der Waals surface area contributed by atoms with Gasteiger partial charge >= 0.3 is 0 Å². The number of hydrogen-bond donors (Lipinski definition) is 2. The third-order valence-corrected chi connectivity index (χ3v) is 4.35. The standard InChI is InChI=1S/C18H11ClN6O/c19-12-3-1-2-4-14(12)25-9-11(13-7-10(8-20)5-6-22-13)16-15(18(25)26)17(21)24-23-16/h1-7,9H,(H3,21,23,24). The summed E-state index contributed by atoms with van der Waals surface area (Å²) < 4.78 is 1.41. The number of benzene rings is 1. The Hall–Kier alpha value is -3.63. The van der Waals surface area contributed by atoms with Gasteiger partial charge in [-0.15, -0.1) is 0 Å². The van der Waals surface area contributed by atoms with Crippen LogP contribution in [0.1, 0.15) is 5.56 Å². The van der Waals surface area contributed by atoms with Gasteiger partial charge in [-0.25, -0.2) is 0 Å². The molecule has 8 heteroatoms. The second kappa shape index (κ2) is 6.02. The number of nitrogens with two attached hydrogens (primary N) is 1. The maximum Gasteiger partial charge on any atom is 0.268 e. The molecule has 0 unspecified atom stereocenters. The van der Waals surface area contributed by atoms with Gasteiger partial charge in [0.25, 0.3) is 5.56 Å². The van der Waals surface area contributed by atoms with Crippen molar-refractivity contribution >= 4 is 28.3 Å². The lowest BCUT2D eigenvalue weighted by Gasteiger charge is -2.11. The van der Waals surface area contributed by atoms with E-state index < -0.39 is 0 Å². The number of hydrogen-bond acceptors (Lipinski definition) is 5. The zero-order chi connectivity index (χ0) is 18.3. The van der Waals surface area contributed by atoms with Crippen molar-refractivity contribution in [2.24, 2.45) is 0 Å². The Balaban J connectivity index is 2.11. The number of aromatic amines is 1. The van der Waals surface area contributed by atoms with Crippen LogP contribution in [0.4, 0.5) is 5.82 Å². The fourth-order valence-corrected chi connectivity index (χ4v) is 3.03. The van der Waals surface area contributed by atoms with E-state index in [9.17, 15) is 4.79 Å². The summed E-state index contributed by atoms with van der Waals surface area (Å²) >= 11 is 6.27. The highest BCUT2D eigenvalue weighted by Gasteiger charge is 2.18. The molecule has 3 heterocycles. The Morgan fingerprint density at radius 3 is 2.85 bits per heavy atom. The van der Waals surface area contributed by atoms with E-state index in [1.807, 2.05) is 0 Å². The number of pyridine rings is 2. The molecule has 0 bridgehead atoms. The first kappa shape index (κ1) is 15.9. The van der Waals surface area contributed by atoms with Crippen LogP contribution in [0.2, 0.25) is 5.02 Å². The number of anilines is 1. The fraction of sp³-hybridized carbons (Fsp3) is 0. The number of halogens is 1. The lowest BCUT2D eigenvalue weighted by atomic mass is 10.1. The van der Waals surface area contributed by atoms with Crippen molar-refractivity contribution in [3.05, 3.63) is 69.7 Å². The van der Waals surface area contributed by atoms with Gasteiger partial charge in [0.1, 0.15) is 5.39 Å². The number of nitrogens with zero attached hydrogens (tertiary/aromatic N) is 4. The zero-order valence-corrected chi connectivity index (χ0v) is 14.0. The van der Waals surface area contributed by atoms with Gasteiger partial charge in [0.15, 0.2) is 5.82 Å². The van der Waals surface area contributed by atoms with E-state index >= 15 is 0 Å². The van der Waals surface area contributed by atoms with E-state index in [1.165, 1.54) is 10.8 Å². The molecule has 126 valence electrons. The van der Waals surface area contributed by atoms with Crippen molar-refractivity contribution in [1.82, 2.24) is 19.7 Å². The second-order valence-electron chi connectivity index (χ2n) is 5.57. The van der Waals surface area contributed by atoms with Crippen molar-refractivity contribution in [3.8, 4) is 23.0 Å². The summed E-state index contributed by atoms with van der Waals surface area (Å²) in [6, 6.07) is 12.3. The molecule has 1 aromatic carbocycles. The zero-order valence-electron chi connectivity index (χ0n) is 13.3. The molecule has 4 aromatic rings. The van der Waals surface area contributed by atoms with Gasteiger partial charge < -0.3 is 5.73 Å². The second-order valence-corrected chi connectivity index (χ2v) is 5.98. The molecule has 0 saturated heterocycles. The molecule has 4 rings (SSSR count). The smallest absolute Gasteiger partial charge is 0.268 e. The molecular formula is C18H11ClN6O. The highest BCUT2D eigenvalue weighted by atomic mass is 35.5. The SMILES string of the molecule is N#Cc1ccnc(-c2cn(-c3ccccc3Cl)c(=O)c3c(N)n[nH]c23)c1. The number of nitrogens with one attached hydrogen (secondary N) is 1. The monoisotopic (exact) mass is 362 g/mol. The average Bonchev–Trinajstić information content (AvgIpc) is 3.05. The van der Waals surface area contributed by atoms with Crippen molar-refractivity contribution in [2.75, 3.05) is 5.73 Å². The van der Waals surface area contributed by atoms with Crippen LogP contribution >= 0.6 is 11.6 Å². The molecule has 0 aliphatic carbocycles. The first-order valence-corrected chi connectivity index (χ1v) is 7.98. The van der Waals surface area contributed by atoms with Gasteiger partial charge in [0, 0.05) is 18.0 Å². The van der Waals surface area contributed by atoms with Gasteiger partial charge in [0.2, 0.25) is 0 Å². The van der Waals surface area contributed by atoms with Crippen molar-refractivity contribution in [3.63, 3.8) is 0 Å². The lowest BCUT2D eigenvalue weighted by molar-refractivity contribution is 1.01. The van der Waals surface area contributed by atoms with Gasteiger partial charge in [-0.2, -0.15) is 10.4 Å². The average molecular weight is 363 g/mol. The number of H-pyrrole nitrogens is 1. The lowest BCUT2D eigenvalue weighted by Crippen LogP contribution is -2.19. The molecule has 0 fully saturated rings. The summed E-state index contributed by atoms with van der Waals surface area (Å²) in [5.41, 5.74) is 8.07. The summed E-state index contributed by atoms with van der Waals surface area (Å²) in [6.07, 6.45) is 3.15. The Labute approximate surface area is 152 Å². The highest BCUT2D eigenvalue weighted by molar-refractivity contribution is 6.32. The van der Waals surface area contributed by atoms with Gasteiger partial charge in [-0.3, -0.25) is 19.4 Å². The summed E-state index contributed by atoms with van der Waals surface area (Å²) in [5.74, 6) is 0.0871. The molecule has 0 spiro atoms. The number of fused-ring (bicyclic) bond motifs is 1. The molecule has 0 aliphatic rings. The van der Waals surface area contributed by atoms with Crippen molar-refractivity contribution in [1.29, 1.82) is 5.26 Å². The van der Waals surface area contributed by atoms with Crippen LogP contribution in [0.3, 0.4) is 0 Å². The van der Waals surface area contributed by atoms with Crippen LogP contribution in [0.15, 0.2) is 53.6 Å². The predicted octanol–water partition coefficient (Wildman–Crippen LogP) is 2.88. The van der Waals surface area contributed by atoms with Gasteiger partial charge in [-0.1, -0.05) is 23.7 Å². The first-order valence-electron chi connectivity index (χ1n) is 7.61. The molecule has 0 amide bonds. The van der Waals surface area contributed by atoms with Crippen molar-refractivity contribution < 1.29 is 0 Å². The van der Waals surface area contributed by atoms with Gasteiger partial charge in [0.05, 0.1) is 33.6 Å². The van der Waals surface area contributed by atoms with Crippen LogP contribution < -0.4 is 11.3 Å². The Kier molecular flexibility index (Phi) is 3.68. The minimum absolute atomic E-state index is 0.0871. The van der Waals surface area contributed by atoms with E-state index in [0.29, 0.717) is 33.0 Å². The van der Waals surface area contributed by atoms with Crippen LogP contribution in [0.25, 0.3) is 27.8 Å². The summed E-state index contributed by atoms with van der Waals surface area (Å²) in [6.45, 7) is 0. The third kappa shape index (κ3) is 2.41. The number of rotatable bonds is 2. The maximum absolute atomic E-state index is 13.0. The van der Waals surface area contributed by atoms with Crippen LogP contribution in [0, 0.1) is 11.3 Å². The normalized spacial score (nSPS) is 10.8. The quantitative estimate of drug-likeness (QED) is 0.569. The minimum atomic E-state index is -0.348. The molecule has 3 N–H and O–H groups in total. The van der Waals surface area contributed by atoms with E-state index in [4.69, 9.17) is 22.6 Å². The molecule has 7 nitrogen and oxygen atoms in total. The fourth-order valence-electron chi connectivity index (χ4n) is 2.81. The third-order valence-electron chi connectivity index (χ3n) is 4.03. The number of nitriles is 1. The highest BCUT2D eigenvalue weighted by Crippen LogP contribution is 2.29. The number of nitrogen functional groups attached to an aromatic ring is 1. The molecular weight excluding hydrogens is 352 g/mol. The van der Waals surface area contributed by atoms with E-state index in [0.717, 1.165) is 0 Å². The van der Waals surface area contributed by atoms with E-state index in [-0.39, 0.29) is 16.8 Å². The van der Waals surface area contributed by atoms with Gasteiger partial charge in [-0.05, 0) is 24.3 Å². The van der Waals surface area contributed by atoms with Crippen LogP contribution in [0.5, 0.6) is 0 Å². The Bertz CT molecular complexity index is 1250. The summed E-state index contributed by atoms with van der Waals surface area (Å²) in [4.78, 5) is 17.3. The first-order chi connectivity index (χ1) is 12.6. The topological polar surface area (TPSA) is 113 Å². The predicted molar refractivity (Wildman–Crippen MR) is 99.1 cm³/mol. The molecule has 3 aromatic heterocycles. The largest absolute Gasteiger partial charge is 0.382 e.